The van der Waals surface area contributed by atoms with E-state index in [1.165, 1.54) is 10.9 Å². The molecular formula is C25H21N5O4. The number of aromatic nitrogens is 3. The molecule has 2 N–H and O–H groups in total. The Bertz CT molecular complexity index is 1470. The van der Waals surface area contributed by atoms with Crippen molar-refractivity contribution in [1.29, 1.82) is 0 Å². The van der Waals surface area contributed by atoms with Crippen molar-refractivity contribution in [2.24, 2.45) is 0 Å². The molecule has 2 amide bonds. The average Bonchev–Trinajstić information content (AvgIpc) is 3.41. The van der Waals surface area contributed by atoms with Crippen LogP contribution in [0.2, 0.25) is 0 Å². The van der Waals surface area contributed by atoms with Crippen LogP contribution in [0.3, 0.4) is 0 Å². The maximum absolute atomic E-state index is 13.2. The normalized spacial score (nSPS) is 12.4. The third-order valence-corrected chi connectivity index (χ3v) is 5.62. The first-order valence-electron chi connectivity index (χ1n) is 10.8. The minimum Gasteiger partial charge on any atom is -0.462 e. The zero-order chi connectivity index (χ0) is 23.8. The minimum absolute atomic E-state index is 0.112. The molecule has 0 unspecified atom stereocenters. The first-order valence-corrected chi connectivity index (χ1v) is 10.8. The fourth-order valence-corrected chi connectivity index (χ4v) is 3.99. The largest absolute Gasteiger partial charge is 0.462 e. The number of hydrogen-bond donors (Lipinski definition) is 2. The van der Waals surface area contributed by atoms with Crippen LogP contribution >= 0.6 is 0 Å². The van der Waals surface area contributed by atoms with Gasteiger partial charge in [0.1, 0.15) is 5.56 Å². The number of carbonyl (C=O) groups is 3. The van der Waals surface area contributed by atoms with Crippen molar-refractivity contribution in [1.82, 2.24) is 14.8 Å². The van der Waals surface area contributed by atoms with Crippen LogP contribution in [0.1, 0.15) is 38.8 Å². The molecule has 0 radical (unpaired) electrons. The molecule has 9 nitrogen and oxygen atoms in total. The number of esters is 1. The predicted octanol–water partition coefficient (Wildman–Crippen LogP) is 3.65. The van der Waals surface area contributed by atoms with E-state index in [-0.39, 0.29) is 30.3 Å². The number of fused-ring (bicyclic) bond motifs is 2. The van der Waals surface area contributed by atoms with Gasteiger partial charge in [0.2, 0.25) is 5.91 Å². The van der Waals surface area contributed by atoms with Gasteiger partial charge in [-0.25, -0.2) is 9.78 Å². The number of ether oxygens (including phenoxy) is 1. The smallest absolute Gasteiger partial charge is 0.343 e. The molecule has 4 aromatic rings. The Labute approximate surface area is 194 Å². The molecule has 0 fully saturated rings. The summed E-state index contributed by atoms with van der Waals surface area (Å²) in [7, 11) is 0. The van der Waals surface area contributed by atoms with E-state index in [9.17, 15) is 14.4 Å². The number of pyridine rings is 1. The second-order valence-electron chi connectivity index (χ2n) is 7.90. The van der Waals surface area contributed by atoms with Gasteiger partial charge in [0, 0.05) is 16.6 Å². The van der Waals surface area contributed by atoms with Gasteiger partial charge in [-0.15, -0.1) is 0 Å². The van der Waals surface area contributed by atoms with Crippen LogP contribution in [0.25, 0.3) is 16.7 Å². The van der Waals surface area contributed by atoms with Gasteiger partial charge in [-0.3, -0.25) is 9.59 Å². The van der Waals surface area contributed by atoms with Crippen LogP contribution in [-0.2, 0) is 16.0 Å². The van der Waals surface area contributed by atoms with Crippen LogP contribution in [0.15, 0.2) is 54.7 Å². The lowest BCUT2D eigenvalue weighted by Crippen LogP contribution is -2.18. The third kappa shape index (κ3) is 3.77. The second kappa shape index (κ2) is 8.43. The van der Waals surface area contributed by atoms with E-state index in [0.717, 1.165) is 22.0 Å². The second-order valence-corrected chi connectivity index (χ2v) is 7.90. The molecule has 2 aromatic carbocycles. The van der Waals surface area contributed by atoms with Crippen molar-refractivity contribution in [2.45, 2.75) is 20.3 Å². The molecule has 9 heteroatoms. The first-order chi connectivity index (χ1) is 16.4. The first kappa shape index (κ1) is 21.3. The van der Waals surface area contributed by atoms with Crippen LogP contribution in [0.5, 0.6) is 0 Å². The summed E-state index contributed by atoms with van der Waals surface area (Å²) in [5.74, 6) is -0.573. The highest BCUT2D eigenvalue weighted by atomic mass is 16.5. The van der Waals surface area contributed by atoms with Gasteiger partial charge >= 0.3 is 5.97 Å². The number of hydrogen-bond acceptors (Lipinski definition) is 6. The molecule has 1 aliphatic heterocycles. The van der Waals surface area contributed by atoms with Crippen LogP contribution in [-0.4, -0.2) is 39.2 Å². The zero-order valence-electron chi connectivity index (χ0n) is 18.6. The van der Waals surface area contributed by atoms with Gasteiger partial charge in [-0.2, -0.15) is 9.78 Å². The molecule has 0 spiro atoms. The molecule has 0 bridgehead atoms. The monoisotopic (exact) mass is 455 g/mol. The molecule has 2 aromatic heterocycles. The molecule has 0 saturated heterocycles. The Morgan fingerprint density at radius 2 is 2.00 bits per heavy atom. The average molecular weight is 455 g/mol. The predicted molar refractivity (Wildman–Crippen MR) is 126 cm³/mol. The van der Waals surface area contributed by atoms with Crippen LogP contribution < -0.4 is 10.6 Å². The summed E-state index contributed by atoms with van der Waals surface area (Å²) in [4.78, 5) is 42.1. The number of amides is 2. The minimum atomic E-state index is -0.606. The molecule has 0 aliphatic carbocycles. The van der Waals surface area contributed by atoms with Crippen LogP contribution in [0.4, 0.5) is 11.5 Å². The SMILES string of the molecule is CCOC(=O)c1cnn(-c2cc(C)c3ccccc3n2)c1NC(=O)c1ccc2c(c1)CC(=O)N2. The molecule has 170 valence electrons. The van der Waals surface area contributed by atoms with E-state index in [1.54, 1.807) is 25.1 Å². The molecule has 1 aliphatic rings. The summed E-state index contributed by atoms with van der Waals surface area (Å²) in [5.41, 5.74) is 3.63. The van der Waals surface area contributed by atoms with E-state index < -0.39 is 11.9 Å². The Hall–Kier alpha value is -4.53. The number of nitrogens with one attached hydrogen (secondary N) is 2. The number of rotatable bonds is 5. The van der Waals surface area contributed by atoms with Gasteiger partial charge < -0.3 is 15.4 Å². The summed E-state index contributed by atoms with van der Waals surface area (Å²) >= 11 is 0. The van der Waals surface area contributed by atoms with Gasteiger partial charge in [-0.1, -0.05) is 18.2 Å². The summed E-state index contributed by atoms with van der Waals surface area (Å²) in [6.07, 6.45) is 1.56. The Morgan fingerprint density at radius 1 is 1.18 bits per heavy atom. The molecule has 5 rings (SSSR count). The molecule has 3 heterocycles. The molecule has 0 atom stereocenters. The molecule has 34 heavy (non-hydrogen) atoms. The van der Waals surface area contributed by atoms with Gasteiger partial charge in [-0.05, 0) is 55.3 Å². The van der Waals surface area contributed by atoms with Crippen molar-refractivity contribution in [3.8, 4) is 5.82 Å². The lowest BCUT2D eigenvalue weighted by Gasteiger charge is -2.12. The number of anilines is 2. The Balaban J connectivity index is 1.56. The van der Waals surface area contributed by atoms with Crippen LogP contribution in [0, 0.1) is 6.92 Å². The lowest BCUT2D eigenvalue weighted by atomic mass is 10.1. The maximum atomic E-state index is 13.2. The van der Waals surface area contributed by atoms with Crippen molar-refractivity contribution in [3.63, 3.8) is 0 Å². The highest BCUT2D eigenvalue weighted by Gasteiger charge is 2.24. The number of nitrogens with zero attached hydrogens (tertiary/aromatic N) is 3. The van der Waals surface area contributed by atoms with E-state index in [0.29, 0.717) is 17.1 Å². The third-order valence-electron chi connectivity index (χ3n) is 5.62. The summed E-state index contributed by atoms with van der Waals surface area (Å²) in [6, 6.07) is 14.5. The van der Waals surface area contributed by atoms with Crippen molar-refractivity contribution < 1.29 is 19.1 Å². The maximum Gasteiger partial charge on any atom is 0.343 e. The molecular weight excluding hydrogens is 434 g/mol. The molecule has 0 saturated carbocycles. The highest BCUT2D eigenvalue weighted by Crippen LogP contribution is 2.27. The quantitative estimate of drug-likeness (QED) is 0.444. The summed E-state index contributed by atoms with van der Waals surface area (Å²) in [6.45, 7) is 3.84. The highest BCUT2D eigenvalue weighted by molar-refractivity contribution is 6.08. The Kier molecular flexibility index (Phi) is 5.29. The summed E-state index contributed by atoms with van der Waals surface area (Å²) in [5, 5.41) is 10.9. The lowest BCUT2D eigenvalue weighted by molar-refractivity contribution is -0.115. The number of aryl methyl sites for hydroxylation is 1. The fraction of sp³-hybridized carbons (Fsp3) is 0.160. The van der Waals surface area contributed by atoms with Crippen molar-refractivity contribution >= 4 is 40.2 Å². The van der Waals surface area contributed by atoms with Crippen molar-refractivity contribution in [3.05, 3.63) is 77.0 Å². The van der Waals surface area contributed by atoms with E-state index in [2.05, 4.69) is 20.7 Å². The van der Waals surface area contributed by atoms with Crippen molar-refractivity contribution in [2.75, 3.05) is 17.2 Å². The fourth-order valence-electron chi connectivity index (χ4n) is 3.99. The van der Waals surface area contributed by atoms with Gasteiger partial charge in [0.05, 0.1) is 24.7 Å². The number of benzene rings is 2. The topological polar surface area (TPSA) is 115 Å². The van der Waals surface area contributed by atoms with E-state index in [1.807, 2.05) is 37.3 Å². The van der Waals surface area contributed by atoms with E-state index >= 15 is 0 Å². The van der Waals surface area contributed by atoms with Gasteiger partial charge in [0.25, 0.3) is 5.91 Å². The number of para-hydroxylation sites is 1. The number of carbonyl (C=O) groups excluding carboxylic acids is 3. The zero-order valence-corrected chi connectivity index (χ0v) is 18.6. The van der Waals surface area contributed by atoms with Gasteiger partial charge in [0.15, 0.2) is 11.6 Å². The standard InChI is InChI=1S/C25H21N5O4/c1-3-34-25(33)18-13-26-30(21-10-14(2)17-6-4-5-7-20(17)27-21)23(18)29-24(32)15-8-9-19-16(11-15)12-22(31)28-19/h4-11,13H,3,12H2,1-2H3,(H,28,31)(H,29,32). The van der Waals surface area contributed by atoms with E-state index in [4.69, 9.17) is 4.74 Å². The summed E-state index contributed by atoms with van der Waals surface area (Å²) < 4.78 is 6.58. The Morgan fingerprint density at radius 3 is 2.82 bits per heavy atom.